The van der Waals surface area contributed by atoms with Crippen molar-refractivity contribution in [2.24, 2.45) is 0 Å². The Labute approximate surface area is 142 Å². The van der Waals surface area contributed by atoms with Gasteiger partial charge in [0.15, 0.2) is 11.5 Å². The van der Waals surface area contributed by atoms with Gasteiger partial charge in [-0.15, -0.1) is 0 Å². The van der Waals surface area contributed by atoms with E-state index in [1.54, 1.807) is 21.3 Å². The summed E-state index contributed by atoms with van der Waals surface area (Å²) in [6.45, 7) is 4.90. The quantitative estimate of drug-likeness (QED) is 0.767. The molecule has 1 aromatic carbocycles. The van der Waals surface area contributed by atoms with Gasteiger partial charge in [-0.1, -0.05) is 6.92 Å². The van der Waals surface area contributed by atoms with Crippen LogP contribution >= 0.6 is 0 Å². The van der Waals surface area contributed by atoms with Gasteiger partial charge < -0.3 is 24.8 Å². The third-order valence-corrected chi connectivity index (χ3v) is 3.33. The van der Waals surface area contributed by atoms with Crippen molar-refractivity contribution >= 4 is 17.5 Å². The van der Waals surface area contributed by atoms with Gasteiger partial charge in [0.2, 0.25) is 11.7 Å². The minimum Gasteiger partial charge on any atom is -0.493 e. The van der Waals surface area contributed by atoms with Crippen molar-refractivity contribution in [3.8, 4) is 17.2 Å². The lowest BCUT2D eigenvalue weighted by Crippen LogP contribution is -2.06. The molecule has 0 saturated heterocycles. The van der Waals surface area contributed by atoms with Crippen molar-refractivity contribution < 1.29 is 14.2 Å². The number of anilines is 3. The second kappa shape index (κ2) is 8.24. The molecule has 24 heavy (non-hydrogen) atoms. The number of aromatic nitrogens is 2. The maximum atomic E-state index is 5.36. The van der Waals surface area contributed by atoms with Crippen LogP contribution in [0.2, 0.25) is 0 Å². The first-order valence-corrected chi connectivity index (χ1v) is 7.77. The Balaban J connectivity index is 2.32. The molecule has 0 fully saturated rings. The molecule has 0 saturated carbocycles. The molecule has 2 rings (SSSR count). The van der Waals surface area contributed by atoms with Gasteiger partial charge in [0.05, 0.1) is 21.3 Å². The summed E-state index contributed by atoms with van der Waals surface area (Å²) in [5.41, 5.74) is 1.62. The van der Waals surface area contributed by atoms with Crippen LogP contribution in [-0.4, -0.2) is 37.8 Å². The Morgan fingerprint density at radius 2 is 1.62 bits per heavy atom. The number of rotatable bonds is 8. The summed E-state index contributed by atoms with van der Waals surface area (Å²) in [6, 6.07) is 5.54. The average Bonchev–Trinajstić information content (AvgIpc) is 2.58. The maximum absolute atomic E-state index is 5.36. The van der Waals surface area contributed by atoms with E-state index in [-0.39, 0.29) is 0 Å². The number of nitrogens with one attached hydrogen (secondary N) is 2. The molecule has 1 aromatic heterocycles. The fourth-order valence-electron chi connectivity index (χ4n) is 2.25. The zero-order valence-electron chi connectivity index (χ0n) is 14.8. The maximum Gasteiger partial charge on any atom is 0.229 e. The molecule has 0 atom stereocenters. The summed E-state index contributed by atoms with van der Waals surface area (Å²) in [4.78, 5) is 8.89. The summed E-state index contributed by atoms with van der Waals surface area (Å²) in [5.74, 6) is 2.97. The third-order valence-electron chi connectivity index (χ3n) is 3.33. The highest BCUT2D eigenvalue weighted by Gasteiger charge is 2.14. The molecule has 2 N–H and O–H groups in total. The number of hydrogen-bond acceptors (Lipinski definition) is 7. The Morgan fingerprint density at radius 3 is 2.17 bits per heavy atom. The summed E-state index contributed by atoms with van der Waals surface area (Å²) in [7, 11) is 4.73. The Bertz CT molecular complexity index is 667. The predicted octanol–water partition coefficient (Wildman–Crippen LogP) is 3.38. The third kappa shape index (κ3) is 4.18. The van der Waals surface area contributed by atoms with E-state index in [2.05, 4.69) is 27.5 Å². The fraction of sp³-hybridized carbons (Fsp3) is 0.412. The van der Waals surface area contributed by atoms with Crippen LogP contribution in [0.5, 0.6) is 17.2 Å². The lowest BCUT2D eigenvalue weighted by Gasteiger charge is -2.15. The van der Waals surface area contributed by atoms with Crippen LogP contribution in [0.1, 0.15) is 19.0 Å². The van der Waals surface area contributed by atoms with Crippen LogP contribution in [0.15, 0.2) is 18.2 Å². The van der Waals surface area contributed by atoms with Crippen molar-refractivity contribution in [2.45, 2.75) is 20.3 Å². The second-order valence-corrected chi connectivity index (χ2v) is 5.18. The van der Waals surface area contributed by atoms with Crippen molar-refractivity contribution in [3.05, 3.63) is 23.9 Å². The Hall–Kier alpha value is -2.70. The van der Waals surface area contributed by atoms with Crippen molar-refractivity contribution in [3.63, 3.8) is 0 Å². The zero-order chi connectivity index (χ0) is 17.5. The minimum absolute atomic E-state index is 0.503. The van der Waals surface area contributed by atoms with Crippen molar-refractivity contribution in [2.75, 3.05) is 38.5 Å². The van der Waals surface area contributed by atoms with Gasteiger partial charge in [-0.3, -0.25) is 0 Å². The Morgan fingerprint density at radius 1 is 0.958 bits per heavy atom. The number of benzene rings is 1. The van der Waals surface area contributed by atoms with E-state index >= 15 is 0 Å². The van der Waals surface area contributed by atoms with Gasteiger partial charge in [0.1, 0.15) is 5.82 Å². The zero-order valence-corrected chi connectivity index (χ0v) is 14.8. The van der Waals surface area contributed by atoms with Gasteiger partial charge in [-0.2, -0.15) is 4.98 Å². The average molecular weight is 332 g/mol. The van der Waals surface area contributed by atoms with Crippen LogP contribution in [0, 0.1) is 6.92 Å². The first-order valence-electron chi connectivity index (χ1n) is 7.77. The smallest absolute Gasteiger partial charge is 0.229 e. The molecule has 0 amide bonds. The number of nitrogens with zero attached hydrogens (tertiary/aromatic N) is 2. The topological polar surface area (TPSA) is 77.5 Å². The van der Waals surface area contributed by atoms with Crippen LogP contribution in [-0.2, 0) is 0 Å². The number of hydrogen-bond donors (Lipinski definition) is 2. The molecule has 2 aromatic rings. The summed E-state index contributed by atoms with van der Waals surface area (Å²) >= 11 is 0. The summed E-state index contributed by atoms with van der Waals surface area (Å²) in [6.07, 6.45) is 1.03. The van der Waals surface area contributed by atoms with Gasteiger partial charge in [-0.05, 0) is 13.3 Å². The Kier molecular flexibility index (Phi) is 6.06. The molecule has 130 valence electrons. The molecule has 0 bridgehead atoms. The number of ether oxygens (including phenoxy) is 3. The molecule has 0 aliphatic heterocycles. The van der Waals surface area contributed by atoms with E-state index in [1.165, 1.54) is 0 Å². The normalized spacial score (nSPS) is 10.2. The molecule has 7 heteroatoms. The van der Waals surface area contributed by atoms with Gasteiger partial charge >= 0.3 is 0 Å². The number of methoxy groups -OCH3 is 3. The SMILES string of the molecule is CCCNc1cc(C)nc(Nc2cc(OC)c(OC)c(OC)c2)n1. The number of aryl methyl sites for hydroxylation is 1. The molecule has 0 aliphatic carbocycles. The predicted molar refractivity (Wildman–Crippen MR) is 94.9 cm³/mol. The first-order chi connectivity index (χ1) is 11.6. The lowest BCUT2D eigenvalue weighted by molar-refractivity contribution is 0.324. The van der Waals surface area contributed by atoms with E-state index in [0.29, 0.717) is 23.2 Å². The van der Waals surface area contributed by atoms with Crippen LogP contribution < -0.4 is 24.8 Å². The molecule has 0 aliphatic rings. The fourth-order valence-corrected chi connectivity index (χ4v) is 2.25. The lowest BCUT2D eigenvalue weighted by atomic mass is 10.2. The minimum atomic E-state index is 0.503. The highest BCUT2D eigenvalue weighted by molar-refractivity contribution is 5.66. The van der Waals surface area contributed by atoms with Gasteiger partial charge in [0, 0.05) is 36.1 Å². The second-order valence-electron chi connectivity index (χ2n) is 5.18. The largest absolute Gasteiger partial charge is 0.493 e. The van der Waals surface area contributed by atoms with E-state index in [1.807, 2.05) is 25.1 Å². The molecular weight excluding hydrogens is 308 g/mol. The van der Waals surface area contributed by atoms with E-state index in [0.717, 1.165) is 30.2 Å². The van der Waals surface area contributed by atoms with Crippen molar-refractivity contribution in [1.82, 2.24) is 9.97 Å². The summed E-state index contributed by atoms with van der Waals surface area (Å²) in [5, 5.41) is 6.45. The van der Waals surface area contributed by atoms with Crippen LogP contribution in [0.25, 0.3) is 0 Å². The molecule has 0 unspecified atom stereocenters. The van der Waals surface area contributed by atoms with E-state index in [4.69, 9.17) is 14.2 Å². The summed E-state index contributed by atoms with van der Waals surface area (Å²) < 4.78 is 16.0. The molecule has 0 spiro atoms. The van der Waals surface area contributed by atoms with Crippen LogP contribution in [0.3, 0.4) is 0 Å². The van der Waals surface area contributed by atoms with Crippen LogP contribution in [0.4, 0.5) is 17.5 Å². The molecule has 0 radical (unpaired) electrons. The first kappa shape index (κ1) is 17.7. The van der Waals surface area contributed by atoms with Gasteiger partial charge in [0.25, 0.3) is 0 Å². The van der Waals surface area contributed by atoms with E-state index in [9.17, 15) is 0 Å². The standard InChI is InChI=1S/C17H24N4O3/c1-6-7-18-15-8-11(2)19-17(21-15)20-12-9-13(22-3)16(24-5)14(10-12)23-4/h8-10H,6-7H2,1-5H3,(H2,18,19,20,21). The monoisotopic (exact) mass is 332 g/mol. The molecule has 7 nitrogen and oxygen atoms in total. The highest BCUT2D eigenvalue weighted by atomic mass is 16.5. The molecule has 1 heterocycles. The highest BCUT2D eigenvalue weighted by Crippen LogP contribution is 2.40. The van der Waals surface area contributed by atoms with Gasteiger partial charge in [-0.25, -0.2) is 4.98 Å². The molecular formula is C17H24N4O3. The van der Waals surface area contributed by atoms with E-state index < -0.39 is 0 Å². The van der Waals surface area contributed by atoms with Crippen molar-refractivity contribution in [1.29, 1.82) is 0 Å².